The Bertz CT molecular complexity index is 927. The van der Waals surface area contributed by atoms with E-state index in [2.05, 4.69) is 5.32 Å². The fraction of sp³-hybridized carbons (Fsp3) is 0.240. The SMILES string of the molecule is CCOCCOc1ccccc1C(=O)NCCOc1ccccc1-c1ccccc1. The molecule has 0 aliphatic heterocycles. The number of amides is 1. The Labute approximate surface area is 177 Å². The van der Waals surface area contributed by atoms with Crippen LogP contribution in [-0.4, -0.2) is 38.9 Å². The summed E-state index contributed by atoms with van der Waals surface area (Å²) < 4.78 is 16.9. The maximum Gasteiger partial charge on any atom is 0.255 e. The summed E-state index contributed by atoms with van der Waals surface area (Å²) in [6, 6.07) is 25.2. The van der Waals surface area contributed by atoms with Gasteiger partial charge in [-0.2, -0.15) is 0 Å². The van der Waals surface area contributed by atoms with Crippen molar-refractivity contribution in [2.45, 2.75) is 6.92 Å². The van der Waals surface area contributed by atoms with Gasteiger partial charge in [-0.3, -0.25) is 4.79 Å². The smallest absolute Gasteiger partial charge is 0.255 e. The van der Waals surface area contributed by atoms with Crippen LogP contribution in [0.5, 0.6) is 11.5 Å². The Morgan fingerprint density at radius 2 is 1.43 bits per heavy atom. The quantitative estimate of drug-likeness (QED) is 0.475. The summed E-state index contributed by atoms with van der Waals surface area (Å²) in [7, 11) is 0. The molecular formula is C25H27NO4. The molecule has 0 radical (unpaired) electrons. The number of hydrogen-bond acceptors (Lipinski definition) is 4. The van der Waals surface area contributed by atoms with E-state index >= 15 is 0 Å². The van der Waals surface area contributed by atoms with Crippen LogP contribution in [0.15, 0.2) is 78.9 Å². The minimum absolute atomic E-state index is 0.193. The molecule has 0 heterocycles. The van der Waals surface area contributed by atoms with E-state index in [4.69, 9.17) is 14.2 Å². The van der Waals surface area contributed by atoms with Crippen LogP contribution in [0.1, 0.15) is 17.3 Å². The van der Waals surface area contributed by atoms with Crippen molar-refractivity contribution >= 4 is 5.91 Å². The summed E-state index contributed by atoms with van der Waals surface area (Å²) in [6.45, 7) is 4.21. The van der Waals surface area contributed by atoms with E-state index in [0.29, 0.717) is 44.3 Å². The molecule has 0 saturated heterocycles. The number of carbonyl (C=O) groups excluding carboxylic acids is 1. The number of hydrogen-bond donors (Lipinski definition) is 1. The molecule has 3 aromatic carbocycles. The van der Waals surface area contributed by atoms with Gasteiger partial charge in [0.1, 0.15) is 24.7 Å². The molecule has 0 bridgehead atoms. The predicted octanol–water partition coefficient (Wildman–Crippen LogP) is 4.58. The highest BCUT2D eigenvalue weighted by Crippen LogP contribution is 2.29. The van der Waals surface area contributed by atoms with E-state index in [1.54, 1.807) is 12.1 Å². The predicted molar refractivity (Wildman–Crippen MR) is 118 cm³/mol. The Kier molecular flexibility index (Phi) is 8.30. The second-order valence-corrected chi connectivity index (χ2v) is 6.51. The maximum atomic E-state index is 12.6. The Morgan fingerprint density at radius 1 is 0.767 bits per heavy atom. The third-order valence-corrected chi connectivity index (χ3v) is 4.44. The first-order valence-electron chi connectivity index (χ1n) is 10.1. The highest BCUT2D eigenvalue weighted by atomic mass is 16.5. The Morgan fingerprint density at radius 3 is 2.23 bits per heavy atom. The fourth-order valence-corrected chi connectivity index (χ4v) is 3.00. The number of ether oxygens (including phenoxy) is 3. The van der Waals surface area contributed by atoms with Crippen LogP contribution in [0, 0.1) is 0 Å². The normalized spacial score (nSPS) is 10.4. The molecule has 3 aromatic rings. The molecule has 0 aliphatic carbocycles. The second-order valence-electron chi connectivity index (χ2n) is 6.51. The second kappa shape index (κ2) is 11.6. The van der Waals surface area contributed by atoms with Crippen molar-refractivity contribution in [2.75, 3.05) is 33.0 Å². The molecule has 1 amide bonds. The first-order chi connectivity index (χ1) is 14.8. The first-order valence-corrected chi connectivity index (χ1v) is 10.1. The van der Waals surface area contributed by atoms with Crippen LogP contribution in [-0.2, 0) is 4.74 Å². The highest BCUT2D eigenvalue weighted by molar-refractivity contribution is 5.96. The van der Waals surface area contributed by atoms with E-state index < -0.39 is 0 Å². The number of para-hydroxylation sites is 2. The molecule has 0 unspecified atom stereocenters. The number of benzene rings is 3. The van der Waals surface area contributed by atoms with Gasteiger partial charge in [0.25, 0.3) is 5.91 Å². The van der Waals surface area contributed by atoms with Crippen molar-refractivity contribution in [3.05, 3.63) is 84.4 Å². The maximum absolute atomic E-state index is 12.6. The molecular weight excluding hydrogens is 378 g/mol. The minimum atomic E-state index is -0.193. The zero-order valence-electron chi connectivity index (χ0n) is 17.2. The molecule has 0 aromatic heterocycles. The molecule has 0 spiro atoms. The number of carbonyl (C=O) groups is 1. The lowest BCUT2D eigenvalue weighted by Gasteiger charge is -2.13. The van der Waals surface area contributed by atoms with Crippen molar-refractivity contribution in [1.29, 1.82) is 0 Å². The zero-order valence-corrected chi connectivity index (χ0v) is 17.2. The lowest BCUT2D eigenvalue weighted by molar-refractivity contribution is 0.0930. The molecule has 0 atom stereocenters. The summed E-state index contributed by atoms with van der Waals surface area (Å²) in [6.07, 6.45) is 0. The third kappa shape index (κ3) is 6.09. The van der Waals surface area contributed by atoms with Gasteiger partial charge in [0.2, 0.25) is 0 Å². The molecule has 0 fully saturated rings. The topological polar surface area (TPSA) is 56.8 Å². The van der Waals surface area contributed by atoms with Gasteiger partial charge in [-0.25, -0.2) is 0 Å². The molecule has 156 valence electrons. The van der Waals surface area contributed by atoms with Crippen LogP contribution in [0.2, 0.25) is 0 Å². The summed E-state index contributed by atoms with van der Waals surface area (Å²) in [5.41, 5.74) is 2.62. The van der Waals surface area contributed by atoms with Crippen LogP contribution < -0.4 is 14.8 Å². The third-order valence-electron chi connectivity index (χ3n) is 4.44. The van der Waals surface area contributed by atoms with Crippen molar-refractivity contribution < 1.29 is 19.0 Å². The Balaban J connectivity index is 1.53. The number of rotatable bonds is 11. The fourth-order valence-electron chi connectivity index (χ4n) is 3.00. The van der Waals surface area contributed by atoms with Crippen LogP contribution in [0.4, 0.5) is 0 Å². The summed E-state index contributed by atoms with van der Waals surface area (Å²) >= 11 is 0. The average Bonchev–Trinajstić information content (AvgIpc) is 2.80. The van der Waals surface area contributed by atoms with Gasteiger partial charge in [-0.1, -0.05) is 60.7 Å². The van der Waals surface area contributed by atoms with Crippen molar-refractivity contribution in [3.63, 3.8) is 0 Å². The molecule has 1 N–H and O–H groups in total. The Hall–Kier alpha value is -3.31. The zero-order chi connectivity index (χ0) is 21.0. The summed E-state index contributed by atoms with van der Waals surface area (Å²) in [5.74, 6) is 1.14. The minimum Gasteiger partial charge on any atom is -0.491 e. The van der Waals surface area contributed by atoms with Gasteiger partial charge in [-0.05, 0) is 30.7 Å². The highest BCUT2D eigenvalue weighted by Gasteiger charge is 2.12. The molecule has 3 rings (SSSR count). The lowest BCUT2D eigenvalue weighted by Crippen LogP contribution is -2.28. The lowest BCUT2D eigenvalue weighted by atomic mass is 10.1. The van der Waals surface area contributed by atoms with Gasteiger partial charge in [0.05, 0.1) is 18.7 Å². The van der Waals surface area contributed by atoms with E-state index in [9.17, 15) is 4.79 Å². The summed E-state index contributed by atoms with van der Waals surface area (Å²) in [4.78, 5) is 12.6. The van der Waals surface area contributed by atoms with Crippen molar-refractivity contribution in [2.24, 2.45) is 0 Å². The number of nitrogens with one attached hydrogen (secondary N) is 1. The van der Waals surface area contributed by atoms with Gasteiger partial charge in [0.15, 0.2) is 0 Å². The summed E-state index contributed by atoms with van der Waals surface area (Å²) in [5, 5.41) is 2.90. The van der Waals surface area contributed by atoms with E-state index in [1.165, 1.54) is 0 Å². The monoisotopic (exact) mass is 405 g/mol. The molecule has 5 heteroatoms. The molecule has 30 heavy (non-hydrogen) atoms. The van der Waals surface area contributed by atoms with Crippen molar-refractivity contribution in [3.8, 4) is 22.6 Å². The van der Waals surface area contributed by atoms with Gasteiger partial charge in [0, 0.05) is 12.2 Å². The van der Waals surface area contributed by atoms with Crippen LogP contribution in [0.25, 0.3) is 11.1 Å². The first kappa shape index (κ1) is 21.4. The van der Waals surface area contributed by atoms with E-state index in [1.807, 2.05) is 73.7 Å². The van der Waals surface area contributed by atoms with Crippen LogP contribution in [0.3, 0.4) is 0 Å². The van der Waals surface area contributed by atoms with E-state index in [0.717, 1.165) is 16.9 Å². The van der Waals surface area contributed by atoms with Crippen molar-refractivity contribution in [1.82, 2.24) is 5.32 Å². The molecule has 0 saturated carbocycles. The van der Waals surface area contributed by atoms with Gasteiger partial charge >= 0.3 is 0 Å². The van der Waals surface area contributed by atoms with Gasteiger partial charge in [-0.15, -0.1) is 0 Å². The van der Waals surface area contributed by atoms with Crippen LogP contribution >= 0.6 is 0 Å². The largest absolute Gasteiger partial charge is 0.491 e. The standard InChI is InChI=1S/C25H27NO4/c1-2-28-18-19-30-24-15-9-7-13-22(24)25(27)26-16-17-29-23-14-8-6-12-21(23)20-10-4-3-5-11-20/h3-15H,2,16-19H2,1H3,(H,26,27). The van der Waals surface area contributed by atoms with Gasteiger partial charge < -0.3 is 19.5 Å². The molecule has 0 aliphatic rings. The molecule has 5 nitrogen and oxygen atoms in total. The average molecular weight is 405 g/mol. The van der Waals surface area contributed by atoms with E-state index in [-0.39, 0.29) is 5.91 Å².